The monoisotopic (exact) mass is 478 g/mol. The molecule has 0 saturated heterocycles. The van der Waals surface area contributed by atoms with Crippen molar-refractivity contribution in [2.45, 2.75) is 18.3 Å². The van der Waals surface area contributed by atoms with E-state index < -0.39 is 35.3 Å². The zero-order chi connectivity index (χ0) is 24.5. The maximum absolute atomic E-state index is 14.6. The molecule has 3 aromatic rings. The minimum atomic E-state index is -5.10. The highest BCUT2D eigenvalue weighted by Gasteiger charge is 2.43. The average Bonchev–Trinajstić information content (AvgIpc) is 2.79. The van der Waals surface area contributed by atoms with Crippen molar-refractivity contribution in [1.82, 2.24) is 20.3 Å². The Kier molecular flexibility index (Phi) is 5.77. The number of carboxylic acid groups (broad SMARTS) is 1. The third kappa shape index (κ3) is 4.44. The van der Waals surface area contributed by atoms with E-state index in [1.165, 1.54) is 12.3 Å². The smallest absolute Gasteiger partial charge is 0.491 e. The standard InChI is InChI=1S/C21H14F4N4O5/c22-12-8-11(3-4-15(12)34-21(23,24)25)20(5-7-33-16-2-1-6-26-17(16)20)29-18(30)13-9-28-14(10-27-13)19(31)32/h1-4,6,8-10H,5,7H2,(H,29,30)(H,31,32). The lowest BCUT2D eigenvalue weighted by Crippen LogP contribution is -2.50. The van der Waals surface area contributed by atoms with Crippen molar-refractivity contribution in [3.8, 4) is 11.5 Å². The SMILES string of the molecule is O=C(O)c1cnc(C(=O)NC2(c3ccc(OC(F)(F)F)c(F)c3)CCOc3cccnc32)cn1. The van der Waals surface area contributed by atoms with Crippen LogP contribution in [-0.2, 0) is 5.54 Å². The van der Waals surface area contributed by atoms with Crippen LogP contribution >= 0.6 is 0 Å². The van der Waals surface area contributed by atoms with Gasteiger partial charge in [-0.1, -0.05) is 6.07 Å². The van der Waals surface area contributed by atoms with Crippen molar-refractivity contribution in [2.24, 2.45) is 0 Å². The highest BCUT2D eigenvalue weighted by molar-refractivity contribution is 5.93. The summed E-state index contributed by atoms with van der Waals surface area (Å²) in [6.07, 6.45) is -1.80. The molecule has 0 saturated carbocycles. The van der Waals surface area contributed by atoms with Gasteiger partial charge in [0.15, 0.2) is 17.3 Å². The molecule has 1 aromatic carbocycles. The third-order valence-electron chi connectivity index (χ3n) is 4.99. The van der Waals surface area contributed by atoms with Crippen LogP contribution in [0, 0.1) is 5.82 Å². The fourth-order valence-electron chi connectivity index (χ4n) is 3.52. The van der Waals surface area contributed by atoms with E-state index in [4.69, 9.17) is 9.84 Å². The van der Waals surface area contributed by atoms with E-state index in [0.29, 0.717) is 0 Å². The summed E-state index contributed by atoms with van der Waals surface area (Å²) in [5.41, 5.74) is -1.88. The van der Waals surface area contributed by atoms with Gasteiger partial charge in [-0.15, -0.1) is 13.2 Å². The lowest BCUT2D eigenvalue weighted by molar-refractivity contribution is -0.275. The number of pyridine rings is 1. The van der Waals surface area contributed by atoms with Crippen LogP contribution in [0.5, 0.6) is 11.5 Å². The molecular formula is C21H14F4N4O5. The van der Waals surface area contributed by atoms with Crippen LogP contribution in [0.1, 0.15) is 38.7 Å². The van der Waals surface area contributed by atoms with Gasteiger partial charge in [0.2, 0.25) is 0 Å². The summed E-state index contributed by atoms with van der Waals surface area (Å²) < 4.78 is 61.6. The predicted molar refractivity (Wildman–Crippen MR) is 105 cm³/mol. The Balaban J connectivity index is 1.78. The van der Waals surface area contributed by atoms with Crippen LogP contribution in [0.3, 0.4) is 0 Å². The summed E-state index contributed by atoms with van der Waals surface area (Å²) in [5, 5.41) is 11.7. The van der Waals surface area contributed by atoms with E-state index in [0.717, 1.165) is 24.5 Å². The Labute approximate surface area is 188 Å². The molecule has 9 nitrogen and oxygen atoms in total. The van der Waals surface area contributed by atoms with Gasteiger partial charge in [0.05, 0.1) is 19.0 Å². The second kappa shape index (κ2) is 8.57. The fraction of sp³-hybridized carbons (Fsp3) is 0.190. The highest BCUT2D eigenvalue weighted by Crippen LogP contribution is 2.42. The number of alkyl halides is 3. The molecule has 0 bridgehead atoms. The molecule has 176 valence electrons. The molecule has 3 heterocycles. The third-order valence-corrected chi connectivity index (χ3v) is 4.99. The number of nitrogens with zero attached hydrogens (tertiary/aromatic N) is 3. The molecule has 0 aliphatic carbocycles. The molecular weight excluding hydrogens is 464 g/mol. The number of rotatable bonds is 5. The number of aromatic carboxylic acids is 1. The largest absolute Gasteiger partial charge is 0.573 e. The lowest BCUT2D eigenvalue weighted by atomic mass is 9.81. The molecule has 1 aliphatic rings. The van der Waals surface area contributed by atoms with E-state index in [9.17, 15) is 27.2 Å². The van der Waals surface area contributed by atoms with Crippen LogP contribution in [0.15, 0.2) is 48.9 Å². The number of fused-ring (bicyclic) bond motifs is 1. The van der Waals surface area contributed by atoms with Crippen molar-refractivity contribution >= 4 is 11.9 Å². The number of benzene rings is 1. The van der Waals surface area contributed by atoms with E-state index in [-0.39, 0.29) is 41.4 Å². The molecule has 0 spiro atoms. The van der Waals surface area contributed by atoms with Crippen LogP contribution in [0.25, 0.3) is 0 Å². The Morgan fingerprint density at radius 2 is 1.85 bits per heavy atom. The first-order valence-electron chi connectivity index (χ1n) is 9.61. The van der Waals surface area contributed by atoms with E-state index in [1.807, 2.05) is 0 Å². The summed E-state index contributed by atoms with van der Waals surface area (Å²) in [6, 6.07) is 5.93. The fourth-order valence-corrected chi connectivity index (χ4v) is 3.52. The summed E-state index contributed by atoms with van der Waals surface area (Å²) in [5.74, 6) is -4.22. The number of hydrogen-bond donors (Lipinski definition) is 2. The summed E-state index contributed by atoms with van der Waals surface area (Å²) in [7, 11) is 0. The van der Waals surface area contributed by atoms with Gasteiger partial charge in [-0.25, -0.2) is 19.2 Å². The second-order valence-electron chi connectivity index (χ2n) is 7.09. The number of hydrogen-bond acceptors (Lipinski definition) is 7. The minimum absolute atomic E-state index is 0.0440. The quantitative estimate of drug-likeness (QED) is 0.537. The van der Waals surface area contributed by atoms with Gasteiger partial charge < -0.3 is 19.9 Å². The zero-order valence-corrected chi connectivity index (χ0v) is 17.0. The van der Waals surface area contributed by atoms with Crippen molar-refractivity contribution in [2.75, 3.05) is 6.61 Å². The molecule has 4 rings (SSSR count). The zero-order valence-electron chi connectivity index (χ0n) is 17.0. The van der Waals surface area contributed by atoms with Gasteiger partial charge in [-0.05, 0) is 29.8 Å². The first-order valence-corrected chi connectivity index (χ1v) is 9.61. The lowest BCUT2D eigenvalue weighted by Gasteiger charge is -2.38. The van der Waals surface area contributed by atoms with Gasteiger partial charge in [-0.2, -0.15) is 0 Å². The molecule has 1 unspecified atom stereocenters. The molecule has 34 heavy (non-hydrogen) atoms. The maximum atomic E-state index is 14.6. The van der Waals surface area contributed by atoms with Gasteiger partial charge >= 0.3 is 12.3 Å². The molecule has 0 radical (unpaired) electrons. The Morgan fingerprint density at radius 1 is 1.12 bits per heavy atom. The minimum Gasteiger partial charge on any atom is -0.491 e. The summed E-state index contributed by atoms with van der Waals surface area (Å²) in [4.78, 5) is 35.7. The van der Waals surface area contributed by atoms with Gasteiger partial charge in [0.1, 0.15) is 22.7 Å². The number of carbonyl (C=O) groups excluding carboxylic acids is 1. The number of carboxylic acids is 1. The molecule has 0 fully saturated rings. The number of halogens is 4. The van der Waals surface area contributed by atoms with E-state index in [1.54, 1.807) is 12.1 Å². The summed E-state index contributed by atoms with van der Waals surface area (Å²) >= 11 is 0. The number of carbonyl (C=O) groups is 2. The molecule has 2 N–H and O–H groups in total. The normalized spacial score (nSPS) is 17.3. The second-order valence-corrected chi connectivity index (χ2v) is 7.09. The Hall–Kier alpha value is -4.29. The van der Waals surface area contributed by atoms with Gasteiger partial charge in [-0.3, -0.25) is 9.78 Å². The van der Waals surface area contributed by atoms with Gasteiger partial charge in [0, 0.05) is 12.6 Å². The van der Waals surface area contributed by atoms with Crippen molar-refractivity contribution in [1.29, 1.82) is 0 Å². The van der Waals surface area contributed by atoms with Crippen molar-refractivity contribution < 1.29 is 41.7 Å². The first-order chi connectivity index (χ1) is 16.1. The Morgan fingerprint density at radius 3 is 2.50 bits per heavy atom. The predicted octanol–water partition coefficient (Wildman–Crippen LogP) is 3.06. The first kappa shape index (κ1) is 22.9. The van der Waals surface area contributed by atoms with Crippen molar-refractivity contribution in [3.63, 3.8) is 0 Å². The number of nitrogens with one attached hydrogen (secondary N) is 1. The highest BCUT2D eigenvalue weighted by atomic mass is 19.4. The van der Waals surface area contributed by atoms with Crippen LogP contribution < -0.4 is 14.8 Å². The van der Waals surface area contributed by atoms with E-state index >= 15 is 0 Å². The van der Waals surface area contributed by atoms with E-state index in [2.05, 4.69) is 25.0 Å². The molecule has 1 amide bonds. The average molecular weight is 478 g/mol. The topological polar surface area (TPSA) is 124 Å². The Bertz CT molecular complexity index is 1250. The molecule has 13 heteroatoms. The molecule has 2 aromatic heterocycles. The van der Waals surface area contributed by atoms with Crippen LogP contribution in [0.2, 0.25) is 0 Å². The maximum Gasteiger partial charge on any atom is 0.573 e. The van der Waals surface area contributed by atoms with Crippen LogP contribution in [-0.4, -0.2) is 44.9 Å². The number of amides is 1. The molecule has 1 atom stereocenters. The molecule has 1 aliphatic heterocycles. The number of ether oxygens (including phenoxy) is 2. The summed E-state index contributed by atoms with van der Waals surface area (Å²) in [6.45, 7) is 0.0605. The van der Waals surface area contributed by atoms with Crippen molar-refractivity contribution in [3.05, 3.63) is 77.4 Å². The van der Waals surface area contributed by atoms with Gasteiger partial charge in [0.25, 0.3) is 5.91 Å². The number of aromatic nitrogens is 3. The van der Waals surface area contributed by atoms with Crippen LogP contribution in [0.4, 0.5) is 17.6 Å².